The largest absolute Gasteiger partial charge is 0.307 e. The quantitative estimate of drug-likeness (QED) is 0.682. The van der Waals surface area contributed by atoms with Gasteiger partial charge in [0, 0.05) is 15.5 Å². The summed E-state index contributed by atoms with van der Waals surface area (Å²) in [5.41, 5.74) is -0.0836. The Morgan fingerprint density at radius 1 is 1.36 bits per heavy atom. The van der Waals surface area contributed by atoms with E-state index in [4.69, 9.17) is 15.4 Å². The van der Waals surface area contributed by atoms with E-state index in [1.165, 1.54) is 0 Å². The van der Waals surface area contributed by atoms with Crippen LogP contribution < -0.4 is 0 Å². The second-order valence-corrected chi connectivity index (χ2v) is 6.28. The van der Waals surface area contributed by atoms with Gasteiger partial charge in [-0.25, -0.2) is 0 Å². The summed E-state index contributed by atoms with van der Waals surface area (Å²) in [6, 6.07) is 0. The Labute approximate surface area is 77.3 Å². The smallest absolute Gasteiger partial charge is 0.0748 e. The van der Waals surface area contributed by atoms with E-state index in [-0.39, 0.29) is 15.3 Å². The van der Waals surface area contributed by atoms with E-state index >= 15 is 0 Å². The van der Waals surface area contributed by atoms with E-state index in [9.17, 15) is 0 Å². The first-order valence-corrected chi connectivity index (χ1v) is 6.13. The van der Waals surface area contributed by atoms with E-state index in [1.54, 1.807) is 0 Å². The molecule has 0 saturated heterocycles. The van der Waals surface area contributed by atoms with Crippen LogP contribution in [-0.2, 0) is 25.1 Å². The monoisotopic (exact) mass is 194 g/mol. The highest BCUT2D eigenvalue weighted by Gasteiger charge is 2.13. The minimum atomic E-state index is -0.286. The Kier molecular flexibility index (Phi) is 4.75. The highest BCUT2D eigenvalue weighted by atomic mass is 32.8. The normalized spacial score (nSPS) is 15.5. The molecule has 0 radical (unpaired) electrons. The molecule has 1 nitrogen and oxygen atoms in total. The summed E-state index contributed by atoms with van der Waals surface area (Å²) in [4.78, 5) is 0. The molecule has 68 valence electrons. The molecule has 0 aromatic heterocycles. The molecule has 0 heterocycles. The molecular formula is C8H18OS2. The highest BCUT2D eigenvalue weighted by Crippen LogP contribution is 2.11. The minimum absolute atomic E-state index is 0.0836. The van der Waals surface area contributed by atoms with Gasteiger partial charge >= 0.3 is 0 Å². The van der Waals surface area contributed by atoms with E-state index in [0.29, 0.717) is 5.92 Å². The molecule has 0 saturated carbocycles. The van der Waals surface area contributed by atoms with Crippen LogP contribution in [0.1, 0.15) is 34.6 Å². The van der Waals surface area contributed by atoms with Crippen molar-refractivity contribution >= 4 is 20.9 Å². The van der Waals surface area contributed by atoms with Gasteiger partial charge in [-0.15, -0.1) is 0 Å². The SMILES string of the molecule is CC(C)CS(=S)OC(C)(C)C. The Bertz CT molecular complexity index is 136. The molecule has 0 rings (SSSR count). The van der Waals surface area contributed by atoms with E-state index in [0.717, 1.165) is 5.75 Å². The van der Waals surface area contributed by atoms with Gasteiger partial charge in [0.1, 0.15) is 0 Å². The Balaban J connectivity index is 3.71. The van der Waals surface area contributed by atoms with Crippen LogP contribution in [-0.4, -0.2) is 11.4 Å². The molecular weight excluding hydrogens is 176 g/mol. The lowest BCUT2D eigenvalue weighted by Gasteiger charge is -2.20. The van der Waals surface area contributed by atoms with Crippen LogP contribution >= 0.6 is 0 Å². The molecule has 0 aromatic rings. The van der Waals surface area contributed by atoms with Crippen LogP contribution in [0.2, 0.25) is 0 Å². The van der Waals surface area contributed by atoms with Gasteiger partial charge in [-0.3, -0.25) is 0 Å². The topological polar surface area (TPSA) is 9.23 Å². The van der Waals surface area contributed by atoms with Gasteiger partial charge in [-0.05, 0) is 37.9 Å². The predicted octanol–water partition coefficient (Wildman–Crippen LogP) is 2.45. The molecule has 0 aliphatic carbocycles. The fraction of sp³-hybridized carbons (Fsp3) is 1.00. The molecule has 1 unspecified atom stereocenters. The van der Waals surface area contributed by atoms with E-state index < -0.39 is 0 Å². The van der Waals surface area contributed by atoms with Crippen molar-refractivity contribution < 1.29 is 4.18 Å². The minimum Gasteiger partial charge on any atom is -0.307 e. The van der Waals surface area contributed by atoms with Gasteiger partial charge in [0.2, 0.25) is 0 Å². The fourth-order valence-corrected chi connectivity index (χ4v) is 3.18. The molecule has 0 amide bonds. The molecule has 11 heavy (non-hydrogen) atoms. The van der Waals surface area contributed by atoms with Crippen molar-refractivity contribution in [1.29, 1.82) is 0 Å². The summed E-state index contributed by atoms with van der Waals surface area (Å²) in [7, 11) is -0.286. The van der Waals surface area contributed by atoms with Crippen molar-refractivity contribution in [3.05, 3.63) is 0 Å². The second kappa shape index (κ2) is 4.53. The molecule has 0 aromatic carbocycles. The van der Waals surface area contributed by atoms with Crippen LogP contribution in [0.25, 0.3) is 0 Å². The van der Waals surface area contributed by atoms with Gasteiger partial charge < -0.3 is 4.18 Å². The lowest BCUT2D eigenvalue weighted by atomic mass is 10.2. The summed E-state index contributed by atoms with van der Waals surface area (Å²) >= 11 is 5.17. The summed E-state index contributed by atoms with van der Waals surface area (Å²) in [6.07, 6.45) is 0. The third kappa shape index (κ3) is 8.44. The lowest BCUT2D eigenvalue weighted by molar-refractivity contribution is 0.161. The van der Waals surface area contributed by atoms with Gasteiger partial charge in [-0.2, -0.15) is 0 Å². The molecule has 0 aliphatic heterocycles. The van der Waals surface area contributed by atoms with Gasteiger partial charge in [0.05, 0.1) is 5.60 Å². The summed E-state index contributed by atoms with van der Waals surface area (Å²) in [6.45, 7) is 10.5. The van der Waals surface area contributed by atoms with E-state index in [2.05, 4.69) is 13.8 Å². The first-order valence-electron chi connectivity index (χ1n) is 3.89. The number of hydrogen-bond donors (Lipinski definition) is 0. The predicted molar refractivity (Wildman–Crippen MR) is 55.3 cm³/mol. The number of hydrogen-bond acceptors (Lipinski definition) is 2. The van der Waals surface area contributed by atoms with Gasteiger partial charge in [0.25, 0.3) is 0 Å². The van der Waals surface area contributed by atoms with Crippen LogP contribution in [0.3, 0.4) is 0 Å². The van der Waals surface area contributed by atoms with Gasteiger partial charge in [-0.1, -0.05) is 13.8 Å². The third-order valence-corrected chi connectivity index (χ3v) is 3.05. The highest BCUT2D eigenvalue weighted by molar-refractivity contribution is 8.26. The average molecular weight is 194 g/mol. The molecule has 1 atom stereocenters. The Hall–Kier alpha value is 0.530. The Morgan fingerprint density at radius 2 is 1.82 bits per heavy atom. The van der Waals surface area contributed by atoms with Crippen molar-refractivity contribution in [2.45, 2.75) is 40.2 Å². The standard InChI is InChI=1S/C8H18OS2/c1-7(2)6-11(10)9-8(3,4)5/h7H,6H2,1-5H3. The van der Waals surface area contributed by atoms with Crippen LogP contribution in [0, 0.1) is 5.92 Å². The molecule has 0 aliphatic rings. The first-order chi connectivity index (χ1) is 4.81. The summed E-state index contributed by atoms with van der Waals surface area (Å²) < 4.78 is 5.59. The fourth-order valence-electron chi connectivity index (χ4n) is 0.585. The summed E-state index contributed by atoms with van der Waals surface area (Å²) in [5, 5.41) is 0. The zero-order valence-electron chi connectivity index (χ0n) is 8.01. The Morgan fingerprint density at radius 3 is 2.09 bits per heavy atom. The lowest BCUT2D eigenvalue weighted by Crippen LogP contribution is -2.22. The van der Waals surface area contributed by atoms with E-state index in [1.807, 2.05) is 20.8 Å². The molecule has 3 heteroatoms. The molecule has 0 spiro atoms. The van der Waals surface area contributed by atoms with Crippen molar-refractivity contribution in [3.63, 3.8) is 0 Å². The van der Waals surface area contributed by atoms with Gasteiger partial charge in [0.15, 0.2) is 0 Å². The third-order valence-electron chi connectivity index (χ3n) is 0.812. The molecule has 0 bridgehead atoms. The van der Waals surface area contributed by atoms with Crippen LogP contribution in [0.4, 0.5) is 0 Å². The first kappa shape index (κ1) is 11.5. The van der Waals surface area contributed by atoms with Crippen molar-refractivity contribution in [1.82, 2.24) is 0 Å². The average Bonchev–Trinajstić information content (AvgIpc) is 1.53. The maximum atomic E-state index is 5.59. The van der Waals surface area contributed by atoms with Crippen LogP contribution in [0.5, 0.6) is 0 Å². The van der Waals surface area contributed by atoms with Crippen molar-refractivity contribution in [3.8, 4) is 0 Å². The van der Waals surface area contributed by atoms with Crippen LogP contribution in [0.15, 0.2) is 0 Å². The molecule has 0 fully saturated rings. The molecule has 0 N–H and O–H groups in total. The summed E-state index contributed by atoms with van der Waals surface area (Å²) in [5.74, 6) is 1.63. The number of rotatable bonds is 3. The maximum absolute atomic E-state index is 5.59. The zero-order chi connectivity index (χ0) is 9.07. The van der Waals surface area contributed by atoms with Crippen molar-refractivity contribution in [2.24, 2.45) is 5.92 Å². The van der Waals surface area contributed by atoms with Crippen molar-refractivity contribution in [2.75, 3.05) is 5.75 Å². The second-order valence-electron chi connectivity index (χ2n) is 4.06. The maximum Gasteiger partial charge on any atom is 0.0748 e. The zero-order valence-corrected chi connectivity index (χ0v) is 9.64.